The molecule has 1 saturated carbocycles. The fraction of sp³-hybridized carbons (Fsp3) is 1.00. The summed E-state index contributed by atoms with van der Waals surface area (Å²) in [4.78, 5) is 0. The molecule has 2 fully saturated rings. The summed E-state index contributed by atoms with van der Waals surface area (Å²) < 4.78 is 16.3. The van der Waals surface area contributed by atoms with E-state index in [-0.39, 0.29) is 5.60 Å². The lowest BCUT2D eigenvalue weighted by atomic mass is 9.73. The van der Waals surface area contributed by atoms with E-state index in [1.807, 2.05) is 0 Å². The molecule has 1 saturated heterocycles. The molecule has 1 aliphatic heterocycles. The second kappa shape index (κ2) is 2.19. The van der Waals surface area contributed by atoms with Crippen molar-refractivity contribution in [3.05, 3.63) is 0 Å². The number of methoxy groups -OCH3 is 2. The molecule has 0 aromatic rings. The predicted molar refractivity (Wildman–Crippen MR) is 39.3 cm³/mol. The van der Waals surface area contributed by atoms with Crippen molar-refractivity contribution in [1.29, 1.82) is 0 Å². The van der Waals surface area contributed by atoms with Crippen LogP contribution < -0.4 is 0 Å². The lowest BCUT2D eigenvalue weighted by molar-refractivity contribution is -0.328. The average molecular weight is 158 g/mol. The third-order valence-corrected chi connectivity index (χ3v) is 3.11. The van der Waals surface area contributed by atoms with Gasteiger partial charge in [-0.2, -0.15) is 0 Å². The monoisotopic (exact) mass is 158 g/mol. The van der Waals surface area contributed by atoms with Gasteiger partial charge in [0.2, 0.25) is 0 Å². The van der Waals surface area contributed by atoms with Crippen LogP contribution in [0.1, 0.15) is 19.3 Å². The second-order valence-corrected chi connectivity index (χ2v) is 3.25. The van der Waals surface area contributed by atoms with Gasteiger partial charge in [-0.3, -0.25) is 0 Å². The van der Waals surface area contributed by atoms with Crippen molar-refractivity contribution in [3.63, 3.8) is 0 Å². The minimum Gasteiger partial charge on any atom is -0.373 e. The molecular formula is C8H14O3. The molecule has 2 unspecified atom stereocenters. The van der Waals surface area contributed by atoms with E-state index in [4.69, 9.17) is 14.2 Å². The van der Waals surface area contributed by atoms with E-state index in [1.165, 1.54) is 0 Å². The Hall–Kier alpha value is -0.120. The van der Waals surface area contributed by atoms with Crippen LogP contribution in [0.3, 0.4) is 0 Å². The van der Waals surface area contributed by atoms with E-state index in [0.717, 1.165) is 25.9 Å². The maximum Gasteiger partial charge on any atom is 0.197 e. The molecule has 2 rings (SSSR count). The Labute approximate surface area is 66.6 Å². The summed E-state index contributed by atoms with van der Waals surface area (Å²) in [6, 6.07) is 0. The highest BCUT2D eigenvalue weighted by Crippen LogP contribution is 2.54. The van der Waals surface area contributed by atoms with E-state index >= 15 is 0 Å². The lowest BCUT2D eigenvalue weighted by Crippen LogP contribution is -2.62. The van der Waals surface area contributed by atoms with Gasteiger partial charge in [-0.05, 0) is 6.42 Å². The Bertz CT molecular complexity index is 145. The topological polar surface area (TPSA) is 27.7 Å². The van der Waals surface area contributed by atoms with Crippen molar-refractivity contribution in [2.75, 3.05) is 20.8 Å². The molecule has 2 atom stereocenters. The first-order valence-corrected chi connectivity index (χ1v) is 4.03. The number of rotatable bonds is 2. The summed E-state index contributed by atoms with van der Waals surface area (Å²) in [5.74, 6) is -0.401. The van der Waals surface area contributed by atoms with Gasteiger partial charge in [0.1, 0.15) is 5.60 Å². The molecule has 64 valence electrons. The van der Waals surface area contributed by atoms with Gasteiger partial charge in [0.25, 0.3) is 0 Å². The van der Waals surface area contributed by atoms with Crippen LogP contribution in [0.5, 0.6) is 0 Å². The van der Waals surface area contributed by atoms with Gasteiger partial charge in [0.15, 0.2) is 5.79 Å². The maximum atomic E-state index is 5.54. The molecule has 1 aliphatic carbocycles. The van der Waals surface area contributed by atoms with Gasteiger partial charge in [-0.1, -0.05) is 0 Å². The first-order chi connectivity index (χ1) is 5.29. The number of ether oxygens (including phenoxy) is 3. The molecule has 0 bridgehead atoms. The Kier molecular flexibility index (Phi) is 1.50. The Morgan fingerprint density at radius 2 is 1.91 bits per heavy atom. The standard InChI is InChI=1S/C8H14O3/c1-9-7-3-4-8(7,10-2)11-6-5-7/h3-6H2,1-2H3. The van der Waals surface area contributed by atoms with Gasteiger partial charge in [-0.25, -0.2) is 0 Å². The smallest absolute Gasteiger partial charge is 0.197 e. The molecule has 0 aromatic heterocycles. The molecule has 0 amide bonds. The predicted octanol–water partition coefficient (Wildman–Crippen LogP) is 0.928. The molecule has 0 radical (unpaired) electrons. The fourth-order valence-corrected chi connectivity index (χ4v) is 2.21. The minimum absolute atomic E-state index is 0.123. The van der Waals surface area contributed by atoms with E-state index in [0.29, 0.717) is 0 Å². The highest BCUT2D eigenvalue weighted by atomic mass is 16.7. The van der Waals surface area contributed by atoms with Crippen LogP contribution in [0.2, 0.25) is 0 Å². The summed E-state index contributed by atoms with van der Waals surface area (Å²) in [5.41, 5.74) is -0.123. The van der Waals surface area contributed by atoms with Crippen LogP contribution in [0.15, 0.2) is 0 Å². The zero-order valence-electron chi connectivity index (χ0n) is 7.05. The molecule has 1 heterocycles. The number of hydrogen-bond donors (Lipinski definition) is 0. The maximum absolute atomic E-state index is 5.54. The highest BCUT2D eigenvalue weighted by molar-refractivity contribution is 5.09. The van der Waals surface area contributed by atoms with Crippen LogP contribution in [-0.2, 0) is 14.2 Å². The normalized spacial score (nSPS) is 48.5. The van der Waals surface area contributed by atoms with Crippen LogP contribution in [0, 0.1) is 0 Å². The molecule has 11 heavy (non-hydrogen) atoms. The molecule has 0 N–H and O–H groups in total. The second-order valence-electron chi connectivity index (χ2n) is 3.25. The zero-order valence-corrected chi connectivity index (χ0v) is 7.05. The molecule has 2 aliphatic rings. The Morgan fingerprint density at radius 1 is 1.09 bits per heavy atom. The summed E-state index contributed by atoms with van der Waals surface area (Å²) in [7, 11) is 3.43. The van der Waals surface area contributed by atoms with Gasteiger partial charge in [0.05, 0.1) is 6.61 Å². The van der Waals surface area contributed by atoms with E-state index in [1.54, 1.807) is 14.2 Å². The zero-order chi connectivity index (χ0) is 7.95. The Morgan fingerprint density at radius 3 is 2.27 bits per heavy atom. The van der Waals surface area contributed by atoms with Gasteiger partial charge < -0.3 is 14.2 Å². The number of hydrogen-bond acceptors (Lipinski definition) is 3. The third-order valence-electron chi connectivity index (χ3n) is 3.11. The molecular weight excluding hydrogens is 144 g/mol. The first kappa shape index (κ1) is 7.53. The highest BCUT2D eigenvalue weighted by Gasteiger charge is 2.65. The van der Waals surface area contributed by atoms with Crippen molar-refractivity contribution in [1.82, 2.24) is 0 Å². The summed E-state index contributed by atoms with van der Waals surface area (Å²) in [5, 5.41) is 0. The van der Waals surface area contributed by atoms with Crippen LogP contribution in [0.25, 0.3) is 0 Å². The SMILES string of the molecule is COC12CCOC1(OC)CC2. The van der Waals surface area contributed by atoms with E-state index < -0.39 is 5.79 Å². The van der Waals surface area contributed by atoms with Crippen molar-refractivity contribution < 1.29 is 14.2 Å². The van der Waals surface area contributed by atoms with Crippen LogP contribution in [0.4, 0.5) is 0 Å². The van der Waals surface area contributed by atoms with Crippen molar-refractivity contribution in [2.45, 2.75) is 30.7 Å². The van der Waals surface area contributed by atoms with Crippen molar-refractivity contribution in [3.8, 4) is 0 Å². The first-order valence-electron chi connectivity index (χ1n) is 4.03. The largest absolute Gasteiger partial charge is 0.373 e. The van der Waals surface area contributed by atoms with Crippen LogP contribution >= 0.6 is 0 Å². The van der Waals surface area contributed by atoms with E-state index in [2.05, 4.69) is 0 Å². The third kappa shape index (κ3) is 0.687. The fourth-order valence-electron chi connectivity index (χ4n) is 2.21. The summed E-state index contributed by atoms with van der Waals surface area (Å²) >= 11 is 0. The molecule has 3 heteroatoms. The summed E-state index contributed by atoms with van der Waals surface area (Å²) in [6.07, 6.45) is 3.01. The molecule has 0 spiro atoms. The lowest BCUT2D eigenvalue weighted by Gasteiger charge is -2.51. The van der Waals surface area contributed by atoms with Gasteiger partial charge in [0, 0.05) is 27.1 Å². The van der Waals surface area contributed by atoms with Crippen LogP contribution in [-0.4, -0.2) is 32.2 Å². The number of fused-ring (bicyclic) bond motifs is 1. The van der Waals surface area contributed by atoms with Gasteiger partial charge >= 0.3 is 0 Å². The minimum atomic E-state index is -0.401. The van der Waals surface area contributed by atoms with Crippen molar-refractivity contribution in [2.24, 2.45) is 0 Å². The Balaban J connectivity index is 2.21. The average Bonchev–Trinajstić information content (AvgIpc) is 2.26. The molecule has 0 aromatic carbocycles. The van der Waals surface area contributed by atoms with E-state index in [9.17, 15) is 0 Å². The van der Waals surface area contributed by atoms with Crippen molar-refractivity contribution >= 4 is 0 Å². The van der Waals surface area contributed by atoms with Gasteiger partial charge in [-0.15, -0.1) is 0 Å². The quantitative estimate of drug-likeness (QED) is 0.598. The summed E-state index contributed by atoms with van der Waals surface area (Å²) in [6.45, 7) is 0.766. The molecule has 3 nitrogen and oxygen atoms in total.